The Morgan fingerprint density at radius 1 is 1.00 bits per heavy atom. The summed E-state index contributed by atoms with van der Waals surface area (Å²) < 4.78 is 0. The Kier molecular flexibility index (Phi) is 1.42. The lowest BCUT2D eigenvalue weighted by Crippen LogP contribution is -2.02. The fourth-order valence-corrected chi connectivity index (χ4v) is 2.37. The first kappa shape index (κ1) is 8.64. The van der Waals surface area contributed by atoms with Crippen LogP contribution in [0, 0.1) is 0 Å². The Morgan fingerprint density at radius 2 is 1.94 bits per heavy atom. The molecule has 0 fully saturated rings. The zero-order valence-electron chi connectivity index (χ0n) is 8.77. The second kappa shape index (κ2) is 2.79. The van der Waals surface area contributed by atoms with Crippen molar-refractivity contribution >= 4 is 32.6 Å². The topological polar surface area (TPSA) is 58.6 Å². The Morgan fingerprint density at radius 3 is 2.88 bits per heavy atom. The molecule has 2 heterocycles. The summed E-state index contributed by atoms with van der Waals surface area (Å²) in [6.07, 6.45) is 3.51. The van der Waals surface area contributed by atoms with Crippen LogP contribution in [0.15, 0.2) is 41.5 Å². The van der Waals surface area contributed by atoms with Crippen LogP contribution in [0.4, 0.5) is 0 Å². The third-order valence-corrected chi connectivity index (χ3v) is 3.15. The molecule has 4 rings (SSSR count). The van der Waals surface area contributed by atoms with E-state index >= 15 is 0 Å². The average Bonchev–Trinajstić information content (AvgIpc) is 2.81. The number of hydrogen-bond acceptors (Lipinski definition) is 3. The van der Waals surface area contributed by atoms with Crippen molar-refractivity contribution < 1.29 is 0 Å². The van der Waals surface area contributed by atoms with E-state index in [9.17, 15) is 4.79 Å². The van der Waals surface area contributed by atoms with Crippen molar-refractivity contribution in [3.63, 3.8) is 0 Å². The molecule has 0 saturated carbocycles. The van der Waals surface area contributed by atoms with Crippen molar-refractivity contribution in [1.29, 1.82) is 0 Å². The summed E-state index contributed by atoms with van der Waals surface area (Å²) in [5.74, 6) is 0. The Labute approximate surface area is 95.2 Å². The van der Waals surface area contributed by atoms with Crippen molar-refractivity contribution in [2.24, 2.45) is 0 Å². The molecular weight excluding hydrogens is 214 g/mol. The van der Waals surface area contributed by atoms with Crippen LogP contribution in [0.25, 0.3) is 32.6 Å². The molecule has 0 aliphatic heterocycles. The van der Waals surface area contributed by atoms with Crippen molar-refractivity contribution in [2.45, 2.75) is 0 Å². The maximum atomic E-state index is 12.3. The molecule has 4 heteroatoms. The molecule has 4 nitrogen and oxygen atoms in total. The molecule has 0 amide bonds. The molecular formula is C13H7N3O. The molecule has 4 aromatic rings. The quantitative estimate of drug-likeness (QED) is 0.462. The van der Waals surface area contributed by atoms with E-state index < -0.39 is 0 Å². The number of fused-ring (bicyclic) bond motifs is 2. The number of hydrogen-bond donors (Lipinski definition) is 1. The number of aromatic nitrogens is 3. The highest BCUT2D eigenvalue weighted by molar-refractivity contribution is 6.18. The molecule has 0 bridgehead atoms. The largest absolute Gasteiger partial charge is 0.367 e. The first-order valence-corrected chi connectivity index (χ1v) is 5.33. The van der Waals surface area contributed by atoms with Crippen molar-refractivity contribution in [3.8, 4) is 0 Å². The monoisotopic (exact) mass is 221 g/mol. The maximum Gasteiger partial charge on any atom is 0.195 e. The van der Waals surface area contributed by atoms with Gasteiger partial charge in [0, 0.05) is 33.9 Å². The van der Waals surface area contributed by atoms with Crippen LogP contribution in [-0.4, -0.2) is 15.2 Å². The zero-order valence-corrected chi connectivity index (χ0v) is 8.77. The summed E-state index contributed by atoms with van der Waals surface area (Å²) in [5.41, 5.74) is 1.62. The molecule has 0 aliphatic carbocycles. The third-order valence-electron chi connectivity index (χ3n) is 3.15. The highest BCUT2D eigenvalue weighted by Crippen LogP contribution is 2.27. The van der Waals surface area contributed by atoms with Gasteiger partial charge in [0.1, 0.15) is 5.52 Å². The van der Waals surface area contributed by atoms with E-state index in [2.05, 4.69) is 15.2 Å². The maximum absolute atomic E-state index is 12.3. The fourth-order valence-electron chi connectivity index (χ4n) is 2.37. The van der Waals surface area contributed by atoms with E-state index in [1.165, 1.54) is 0 Å². The van der Waals surface area contributed by atoms with Crippen LogP contribution in [0.1, 0.15) is 0 Å². The van der Waals surface area contributed by atoms with E-state index in [-0.39, 0.29) is 5.43 Å². The van der Waals surface area contributed by atoms with E-state index in [4.69, 9.17) is 0 Å². The van der Waals surface area contributed by atoms with Crippen LogP contribution in [0.2, 0.25) is 0 Å². The molecule has 17 heavy (non-hydrogen) atoms. The molecule has 0 saturated heterocycles. The van der Waals surface area contributed by atoms with Crippen molar-refractivity contribution in [1.82, 2.24) is 15.2 Å². The highest BCUT2D eigenvalue weighted by Gasteiger charge is 2.13. The molecule has 0 radical (unpaired) electrons. The Hall–Kier alpha value is -2.49. The van der Waals surface area contributed by atoms with Gasteiger partial charge in [0.25, 0.3) is 0 Å². The zero-order chi connectivity index (χ0) is 11.4. The van der Waals surface area contributed by atoms with Crippen molar-refractivity contribution in [2.75, 3.05) is 0 Å². The van der Waals surface area contributed by atoms with E-state index in [0.717, 1.165) is 21.8 Å². The molecule has 0 unspecified atom stereocenters. The number of nitrogens with zero attached hydrogens (tertiary/aromatic N) is 2. The number of H-pyrrole nitrogens is 1. The van der Waals surface area contributed by atoms with E-state index in [0.29, 0.717) is 10.8 Å². The molecule has 0 aliphatic rings. The third kappa shape index (κ3) is 0.945. The Balaban J connectivity index is 2.53. The highest BCUT2D eigenvalue weighted by atomic mass is 16.1. The second-order valence-corrected chi connectivity index (χ2v) is 4.05. The lowest BCUT2D eigenvalue weighted by Gasteiger charge is -2.00. The van der Waals surface area contributed by atoms with Gasteiger partial charge in [-0.2, -0.15) is 0 Å². The number of aromatic amines is 1. The second-order valence-electron chi connectivity index (χ2n) is 4.05. The van der Waals surface area contributed by atoms with Gasteiger partial charge in [-0.3, -0.25) is 4.79 Å². The number of nitrogens with one attached hydrogen (secondary N) is 1. The van der Waals surface area contributed by atoms with Crippen LogP contribution < -0.4 is 5.43 Å². The summed E-state index contributed by atoms with van der Waals surface area (Å²) in [4.78, 5) is 15.3. The van der Waals surface area contributed by atoms with Crippen molar-refractivity contribution in [3.05, 3.63) is 46.9 Å². The summed E-state index contributed by atoms with van der Waals surface area (Å²) >= 11 is 0. The van der Waals surface area contributed by atoms with Gasteiger partial charge in [0.15, 0.2) is 5.43 Å². The predicted octanol–water partition coefficient (Wildman–Crippen LogP) is 2.06. The minimum atomic E-state index is 0.0322. The summed E-state index contributed by atoms with van der Waals surface area (Å²) in [6.45, 7) is 0. The van der Waals surface area contributed by atoms with Gasteiger partial charge < -0.3 is 4.98 Å². The first-order chi connectivity index (χ1) is 8.36. The van der Waals surface area contributed by atoms with E-state index in [1.807, 2.05) is 24.3 Å². The van der Waals surface area contributed by atoms with Gasteiger partial charge in [0.2, 0.25) is 0 Å². The summed E-state index contributed by atoms with van der Waals surface area (Å²) in [5, 5.41) is 11.4. The SMILES string of the molecule is O=c1c2c[nH]ccc2c2nnc3cccc1c32. The molecule has 1 N–H and O–H groups in total. The van der Waals surface area contributed by atoms with Gasteiger partial charge in [-0.25, -0.2) is 0 Å². The normalized spacial score (nSPS) is 11.8. The average molecular weight is 221 g/mol. The molecule has 2 aromatic heterocycles. The van der Waals surface area contributed by atoms with Gasteiger partial charge in [0.05, 0.1) is 5.52 Å². The minimum Gasteiger partial charge on any atom is -0.367 e. The predicted molar refractivity (Wildman–Crippen MR) is 66.4 cm³/mol. The molecule has 2 aromatic carbocycles. The minimum absolute atomic E-state index is 0.0322. The molecule has 0 spiro atoms. The smallest absolute Gasteiger partial charge is 0.195 e. The van der Waals surface area contributed by atoms with Gasteiger partial charge in [-0.05, 0) is 12.1 Å². The van der Waals surface area contributed by atoms with Gasteiger partial charge >= 0.3 is 0 Å². The lowest BCUT2D eigenvalue weighted by atomic mass is 10.0. The first-order valence-electron chi connectivity index (χ1n) is 5.33. The number of rotatable bonds is 0. The molecule has 0 atom stereocenters. The number of benzene rings is 2. The van der Waals surface area contributed by atoms with Crippen LogP contribution in [0.3, 0.4) is 0 Å². The van der Waals surface area contributed by atoms with Crippen LogP contribution >= 0.6 is 0 Å². The fraction of sp³-hybridized carbons (Fsp3) is 0. The molecule has 80 valence electrons. The van der Waals surface area contributed by atoms with Crippen LogP contribution in [-0.2, 0) is 0 Å². The van der Waals surface area contributed by atoms with Gasteiger partial charge in [-0.1, -0.05) is 12.1 Å². The number of pyridine rings is 1. The van der Waals surface area contributed by atoms with Gasteiger partial charge in [-0.15, -0.1) is 10.2 Å². The summed E-state index contributed by atoms with van der Waals surface area (Å²) in [6, 6.07) is 7.41. The summed E-state index contributed by atoms with van der Waals surface area (Å²) in [7, 11) is 0. The standard InChI is InChI=1S/C13H7N3O/c17-13-8-2-1-3-10-11(8)12(16-15-10)7-4-5-14-6-9(7)13/h1-6,14H. The Bertz CT molecular complexity index is 911. The lowest BCUT2D eigenvalue weighted by molar-refractivity contribution is 1.15. The van der Waals surface area contributed by atoms with E-state index in [1.54, 1.807) is 12.4 Å². The van der Waals surface area contributed by atoms with Crippen LogP contribution in [0.5, 0.6) is 0 Å².